The van der Waals surface area contributed by atoms with Gasteiger partial charge < -0.3 is 9.53 Å². The van der Waals surface area contributed by atoms with Crippen LogP contribution in [0.3, 0.4) is 0 Å². The summed E-state index contributed by atoms with van der Waals surface area (Å²) < 4.78 is 5.51. The van der Waals surface area contributed by atoms with Crippen LogP contribution in [0.1, 0.15) is 72.6 Å². The van der Waals surface area contributed by atoms with Crippen LogP contribution in [0.25, 0.3) is 0 Å². The summed E-state index contributed by atoms with van der Waals surface area (Å²) in [6.45, 7) is 8.15. The van der Waals surface area contributed by atoms with E-state index < -0.39 is 0 Å². The lowest BCUT2D eigenvalue weighted by atomic mass is 9.71. The first-order valence-electron chi connectivity index (χ1n) is 7.49. The molecule has 0 spiro atoms. The van der Waals surface area contributed by atoms with E-state index in [4.69, 9.17) is 4.74 Å². The first-order chi connectivity index (χ1) is 8.80. The molecule has 0 bridgehead atoms. The van der Waals surface area contributed by atoms with E-state index in [0.29, 0.717) is 30.6 Å². The maximum atomic E-state index is 11.7. The molecule has 2 unspecified atom stereocenters. The van der Waals surface area contributed by atoms with E-state index in [9.17, 15) is 9.59 Å². The maximum Gasteiger partial charge on any atom is 0.306 e. The van der Waals surface area contributed by atoms with Gasteiger partial charge in [0.2, 0.25) is 0 Å². The highest BCUT2D eigenvalue weighted by Crippen LogP contribution is 2.40. The number of esters is 1. The fraction of sp³-hybridized carbons (Fsp3) is 0.875. The van der Waals surface area contributed by atoms with Gasteiger partial charge >= 0.3 is 5.97 Å². The lowest BCUT2D eigenvalue weighted by Gasteiger charge is -2.37. The van der Waals surface area contributed by atoms with Gasteiger partial charge in [0, 0.05) is 12.8 Å². The van der Waals surface area contributed by atoms with Crippen molar-refractivity contribution in [1.82, 2.24) is 0 Å². The van der Waals surface area contributed by atoms with Gasteiger partial charge in [-0.15, -0.1) is 0 Å². The van der Waals surface area contributed by atoms with Crippen LogP contribution in [0.4, 0.5) is 0 Å². The number of Topliss-reactive ketones (excluding diaryl/α,β-unsaturated/α-hetero) is 1. The van der Waals surface area contributed by atoms with Crippen LogP contribution >= 0.6 is 0 Å². The smallest absolute Gasteiger partial charge is 0.306 e. The molecule has 0 aliphatic heterocycles. The minimum absolute atomic E-state index is 0.00408. The molecule has 0 aromatic carbocycles. The molecular formula is C16H28O3. The molecule has 0 amide bonds. The van der Waals surface area contributed by atoms with Crippen molar-refractivity contribution in [2.24, 2.45) is 11.3 Å². The van der Waals surface area contributed by atoms with Crippen LogP contribution in [0.5, 0.6) is 0 Å². The second kappa shape index (κ2) is 7.06. The highest BCUT2D eigenvalue weighted by Gasteiger charge is 2.32. The van der Waals surface area contributed by atoms with E-state index in [1.54, 1.807) is 6.92 Å². The summed E-state index contributed by atoms with van der Waals surface area (Å²) in [6.07, 6.45) is 6.23. The van der Waals surface area contributed by atoms with Crippen molar-refractivity contribution in [3.63, 3.8) is 0 Å². The fourth-order valence-corrected chi connectivity index (χ4v) is 3.00. The molecule has 0 N–H and O–H groups in total. The predicted molar refractivity (Wildman–Crippen MR) is 75.8 cm³/mol. The number of carbonyl (C=O) groups excluding carboxylic acids is 2. The van der Waals surface area contributed by atoms with E-state index in [0.717, 1.165) is 12.8 Å². The summed E-state index contributed by atoms with van der Waals surface area (Å²) in [5.74, 6) is 0.465. The van der Waals surface area contributed by atoms with Crippen molar-refractivity contribution in [1.29, 1.82) is 0 Å². The largest absolute Gasteiger partial charge is 0.462 e. The first kappa shape index (κ1) is 16.2. The fourth-order valence-electron chi connectivity index (χ4n) is 3.00. The molecule has 1 rings (SSSR count). The number of rotatable bonds is 6. The van der Waals surface area contributed by atoms with E-state index in [-0.39, 0.29) is 17.9 Å². The Kier molecular flexibility index (Phi) is 6.02. The van der Waals surface area contributed by atoms with Crippen LogP contribution < -0.4 is 0 Å². The summed E-state index contributed by atoms with van der Waals surface area (Å²) in [4.78, 5) is 22.5. The summed E-state index contributed by atoms with van der Waals surface area (Å²) in [7, 11) is 0. The lowest BCUT2D eigenvalue weighted by Crippen LogP contribution is -2.32. The topological polar surface area (TPSA) is 43.4 Å². The van der Waals surface area contributed by atoms with Crippen molar-refractivity contribution < 1.29 is 14.3 Å². The Bertz CT molecular complexity index is 320. The Morgan fingerprint density at radius 2 is 2.00 bits per heavy atom. The van der Waals surface area contributed by atoms with Crippen LogP contribution in [-0.2, 0) is 14.3 Å². The monoisotopic (exact) mass is 268 g/mol. The third kappa shape index (κ3) is 6.22. The Morgan fingerprint density at radius 1 is 1.32 bits per heavy atom. The zero-order valence-electron chi connectivity index (χ0n) is 12.8. The average molecular weight is 268 g/mol. The molecule has 0 heterocycles. The van der Waals surface area contributed by atoms with E-state index in [1.807, 2.05) is 6.92 Å². The normalized spacial score (nSPS) is 23.7. The molecule has 1 fully saturated rings. The van der Waals surface area contributed by atoms with Crippen molar-refractivity contribution in [3.05, 3.63) is 0 Å². The SMILES string of the molecule is CC(=O)CCCC(=O)OC(C)C1CCCC(C)(C)C1. The third-order valence-corrected chi connectivity index (χ3v) is 4.13. The number of hydrogen-bond donors (Lipinski definition) is 0. The highest BCUT2D eigenvalue weighted by atomic mass is 16.5. The molecule has 0 aromatic heterocycles. The number of ether oxygens (including phenoxy) is 1. The molecule has 3 heteroatoms. The maximum absolute atomic E-state index is 11.7. The van der Waals surface area contributed by atoms with E-state index in [1.165, 1.54) is 12.8 Å². The highest BCUT2D eigenvalue weighted by molar-refractivity contribution is 5.76. The van der Waals surface area contributed by atoms with Crippen LogP contribution in [0.15, 0.2) is 0 Å². The van der Waals surface area contributed by atoms with Gasteiger partial charge in [-0.25, -0.2) is 0 Å². The third-order valence-electron chi connectivity index (χ3n) is 4.13. The molecule has 0 radical (unpaired) electrons. The van der Waals surface area contributed by atoms with Crippen LogP contribution in [0.2, 0.25) is 0 Å². The van der Waals surface area contributed by atoms with Gasteiger partial charge in [0.25, 0.3) is 0 Å². The second-order valence-electron chi connectivity index (χ2n) is 6.77. The van der Waals surface area contributed by atoms with Crippen LogP contribution in [0, 0.1) is 11.3 Å². The average Bonchev–Trinajstić information content (AvgIpc) is 2.26. The lowest BCUT2D eigenvalue weighted by molar-refractivity contribution is -0.152. The summed E-state index contributed by atoms with van der Waals surface area (Å²) in [5, 5.41) is 0. The number of carbonyl (C=O) groups is 2. The van der Waals surface area contributed by atoms with E-state index >= 15 is 0 Å². The van der Waals surface area contributed by atoms with Crippen molar-refractivity contribution in [2.75, 3.05) is 0 Å². The quantitative estimate of drug-likeness (QED) is 0.686. The number of hydrogen-bond acceptors (Lipinski definition) is 3. The predicted octanol–water partition coefficient (Wildman–Crippen LogP) is 3.89. The van der Waals surface area contributed by atoms with E-state index in [2.05, 4.69) is 13.8 Å². The number of ketones is 1. The zero-order valence-corrected chi connectivity index (χ0v) is 12.8. The summed E-state index contributed by atoms with van der Waals surface area (Å²) in [5.41, 5.74) is 0.373. The minimum atomic E-state index is -0.155. The van der Waals surface area contributed by atoms with Crippen LogP contribution in [-0.4, -0.2) is 17.9 Å². The van der Waals surface area contributed by atoms with Crippen molar-refractivity contribution >= 4 is 11.8 Å². The molecule has 2 atom stereocenters. The Morgan fingerprint density at radius 3 is 2.58 bits per heavy atom. The molecule has 0 saturated heterocycles. The minimum Gasteiger partial charge on any atom is -0.462 e. The van der Waals surface area contributed by atoms with Gasteiger partial charge in [0.1, 0.15) is 11.9 Å². The molecule has 1 aliphatic carbocycles. The van der Waals surface area contributed by atoms with Gasteiger partial charge in [-0.3, -0.25) is 4.79 Å². The van der Waals surface area contributed by atoms with Gasteiger partial charge in [-0.05, 0) is 50.9 Å². The van der Waals surface area contributed by atoms with Gasteiger partial charge in [0.05, 0.1) is 0 Å². The molecule has 0 aromatic rings. The Labute approximate surface area is 117 Å². The molecule has 3 nitrogen and oxygen atoms in total. The second-order valence-corrected chi connectivity index (χ2v) is 6.77. The first-order valence-corrected chi connectivity index (χ1v) is 7.49. The van der Waals surface area contributed by atoms with Gasteiger partial charge in [-0.1, -0.05) is 20.3 Å². The Balaban J connectivity index is 2.31. The van der Waals surface area contributed by atoms with Crippen molar-refractivity contribution in [3.8, 4) is 0 Å². The zero-order chi connectivity index (χ0) is 14.5. The van der Waals surface area contributed by atoms with Gasteiger partial charge in [-0.2, -0.15) is 0 Å². The Hall–Kier alpha value is -0.860. The molecule has 1 saturated carbocycles. The standard InChI is InChI=1S/C16H28O3/c1-12(17)7-5-9-15(18)19-13(2)14-8-6-10-16(3,4)11-14/h13-14H,5-11H2,1-4H3. The molecule has 1 aliphatic rings. The molecule has 110 valence electrons. The molecular weight excluding hydrogens is 240 g/mol. The molecule has 19 heavy (non-hydrogen) atoms. The van der Waals surface area contributed by atoms with Crippen molar-refractivity contribution in [2.45, 2.75) is 78.7 Å². The van der Waals surface area contributed by atoms with Gasteiger partial charge in [0.15, 0.2) is 0 Å². The summed E-state index contributed by atoms with van der Waals surface area (Å²) >= 11 is 0. The summed E-state index contributed by atoms with van der Waals surface area (Å²) in [6, 6.07) is 0.